The van der Waals surface area contributed by atoms with E-state index in [1.54, 1.807) is 37.5 Å². The lowest BCUT2D eigenvalue weighted by Crippen LogP contribution is -2.45. The maximum absolute atomic E-state index is 12.2. The van der Waals surface area contributed by atoms with Gasteiger partial charge in [0.1, 0.15) is 6.61 Å². The quantitative estimate of drug-likeness (QED) is 0.581. The second kappa shape index (κ2) is 11.3. The number of rotatable bonds is 9. The van der Waals surface area contributed by atoms with E-state index in [2.05, 4.69) is 22.2 Å². The smallest absolute Gasteiger partial charge is 0.337 e. The molecule has 1 aliphatic heterocycles. The van der Waals surface area contributed by atoms with Gasteiger partial charge in [-0.1, -0.05) is 18.2 Å². The van der Waals surface area contributed by atoms with Crippen LogP contribution in [-0.4, -0.2) is 80.3 Å². The van der Waals surface area contributed by atoms with Gasteiger partial charge in [-0.3, -0.25) is 9.69 Å². The van der Waals surface area contributed by atoms with Crippen molar-refractivity contribution < 1.29 is 24.2 Å². The van der Waals surface area contributed by atoms with Crippen LogP contribution in [0.1, 0.15) is 15.9 Å². The number of likely N-dealkylation sites (N-methyl/N-ethyl adjacent to an activating group) is 1. The highest BCUT2D eigenvalue weighted by Crippen LogP contribution is 2.28. The first-order valence-electron chi connectivity index (χ1n) is 10.5. The van der Waals surface area contributed by atoms with E-state index in [4.69, 9.17) is 9.47 Å². The summed E-state index contributed by atoms with van der Waals surface area (Å²) in [6.45, 7) is 5.65. The van der Waals surface area contributed by atoms with Crippen LogP contribution in [0.2, 0.25) is 0 Å². The number of amides is 1. The van der Waals surface area contributed by atoms with E-state index < -0.39 is 11.9 Å². The number of aromatic carboxylic acids is 1. The molecule has 32 heavy (non-hydrogen) atoms. The largest absolute Gasteiger partial charge is 0.493 e. The molecule has 0 unspecified atom stereocenters. The summed E-state index contributed by atoms with van der Waals surface area (Å²) in [6.07, 6.45) is 2.98. The van der Waals surface area contributed by atoms with E-state index in [0.717, 1.165) is 38.3 Å². The van der Waals surface area contributed by atoms with E-state index in [1.807, 2.05) is 12.1 Å². The Morgan fingerprint density at radius 2 is 1.84 bits per heavy atom. The summed E-state index contributed by atoms with van der Waals surface area (Å²) < 4.78 is 11.4. The first-order valence-corrected chi connectivity index (χ1v) is 10.5. The minimum atomic E-state index is -1.10. The summed E-state index contributed by atoms with van der Waals surface area (Å²) in [4.78, 5) is 28.2. The molecule has 2 N–H and O–H groups in total. The summed E-state index contributed by atoms with van der Waals surface area (Å²) >= 11 is 0. The number of carboxylic acid groups (broad SMARTS) is 1. The Bertz CT molecular complexity index is 968. The molecule has 0 atom stereocenters. The molecule has 0 aromatic heterocycles. The number of anilines is 1. The lowest BCUT2D eigenvalue weighted by Gasteiger charge is -2.32. The highest BCUT2D eigenvalue weighted by atomic mass is 16.5. The van der Waals surface area contributed by atoms with Crippen LogP contribution in [-0.2, 0) is 4.79 Å². The topological polar surface area (TPSA) is 91.3 Å². The molecule has 1 aliphatic rings. The van der Waals surface area contributed by atoms with Crippen molar-refractivity contribution in [2.45, 2.75) is 0 Å². The van der Waals surface area contributed by atoms with Crippen LogP contribution in [0, 0.1) is 0 Å². The fourth-order valence-electron chi connectivity index (χ4n) is 3.39. The first-order chi connectivity index (χ1) is 15.5. The number of carbonyl (C=O) groups excluding carboxylic acids is 1. The second-order valence-electron chi connectivity index (χ2n) is 7.58. The number of hydrogen-bond donors (Lipinski definition) is 2. The Balaban J connectivity index is 1.56. The van der Waals surface area contributed by atoms with E-state index in [1.165, 1.54) is 12.1 Å². The standard InChI is InChI=1S/C24H29N3O5/c1-26-11-13-27(14-12-26)15-16-32-21-9-7-18(17-22(21)31-2)8-10-23(28)25-20-6-4-3-5-19(20)24(29)30/h3-10,17H,11-16H2,1-2H3,(H,25,28)(H,29,30)/b10-8+. The number of hydrogen-bond acceptors (Lipinski definition) is 6. The molecule has 0 bridgehead atoms. The number of carboxylic acids is 1. The summed E-state index contributed by atoms with van der Waals surface area (Å²) in [5.41, 5.74) is 1.04. The Hall–Kier alpha value is -3.36. The zero-order valence-corrected chi connectivity index (χ0v) is 18.4. The van der Waals surface area contributed by atoms with Crippen LogP contribution in [0.25, 0.3) is 6.08 Å². The number of piperazine rings is 1. The molecule has 1 amide bonds. The minimum absolute atomic E-state index is 0.0361. The van der Waals surface area contributed by atoms with E-state index in [-0.39, 0.29) is 11.3 Å². The third-order valence-electron chi connectivity index (χ3n) is 5.29. The van der Waals surface area contributed by atoms with Crippen molar-refractivity contribution in [3.63, 3.8) is 0 Å². The molecule has 2 aromatic rings. The number of nitrogens with zero attached hydrogens (tertiary/aromatic N) is 2. The molecule has 0 spiro atoms. The van der Waals surface area contributed by atoms with Crippen molar-refractivity contribution >= 4 is 23.6 Å². The molecular weight excluding hydrogens is 410 g/mol. The zero-order valence-electron chi connectivity index (χ0n) is 18.4. The van der Waals surface area contributed by atoms with Crippen LogP contribution in [0.3, 0.4) is 0 Å². The molecule has 170 valence electrons. The average molecular weight is 440 g/mol. The summed E-state index contributed by atoms with van der Waals surface area (Å²) in [7, 11) is 3.71. The van der Waals surface area contributed by atoms with Crippen LogP contribution in [0.15, 0.2) is 48.5 Å². The lowest BCUT2D eigenvalue weighted by molar-refractivity contribution is -0.111. The molecule has 1 heterocycles. The molecule has 1 saturated heterocycles. The van der Waals surface area contributed by atoms with Crippen LogP contribution in [0.5, 0.6) is 11.5 Å². The summed E-state index contributed by atoms with van der Waals surface area (Å²) in [5, 5.41) is 11.8. The van der Waals surface area contributed by atoms with Gasteiger partial charge in [-0.15, -0.1) is 0 Å². The van der Waals surface area contributed by atoms with Crippen molar-refractivity contribution in [2.75, 3.05) is 58.8 Å². The predicted molar refractivity (Wildman–Crippen MR) is 123 cm³/mol. The van der Waals surface area contributed by atoms with Gasteiger partial charge in [-0.05, 0) is 43.0 Å². The monoisotopic (exact) mass is 439 g/mol. The third kappa shape index (κ3) is 6.57. The van der Waals surface area contributed by atoms with E-state index in [9.17, 15) is 14.7 Å². The van der Waals surface area contributed by atoms with Crippen molar-refractivity contribution in [1.29, 1.82) is 0 Å². The number of para-hydroxylation sites is 1. The lowest BCUT2D eigenvalue weighted by atomic mass is 10.1. The van der Waals surface area contributed by atoms with Crippen molar-refractivity contribution in [1.82, 2.24) is 9.80 Å². The van der Waals surface area contributed by atoms with Gasteiger partial charge >= 0.3 is 5.97 Å². The summed E-state index contributed by atoms with van der Waals surface area (Å²) in [6, 6.07) is 11.7. The van der Waals surface area contributed by atoms with Gasteiger partial charge in [0.2, 0.25) is 5.91 Å². The van der Waals surface area contributed by atoms with Gasteiger partial charge in [-0.2, -0.15) is 0 Å². The van der Waals surface area contributed by atoms with Gasteiger partial charge in [0.05, 0.1) is 18.4 Å². The predicted octanol–water partition coefficient (Wildman–Crippen LogP) is 2.67. The molecule has 8 heteroatoms. The van der Waals surface area contributed by atoms with Crippen molar-refractivity contribution in [3.8, 4) is 11.5 Å². The average Bonchev–Trinajstić information content (AvgIpc) is 2.79. The molecule has 1 fully saturated rings. The maximum atomic E-state index is 12.2. The number of carbonyl (C=O) groups is 2. The molecular formula is C24H29N3O5. The van der Waals surface area contributed by atoms with E-state index >= 15 is 0 Å². The number of benzene rings is 2. The highest BCUT2D eigenvalue weighted by Gasteiger charge is 2.14. The Morgan fingerprint density at radius 3 is 2.56 bits per heavy atom. The molecule has 2 aromatic carbocycles. The van der Waals surface area contributed by atoms with Crippen molar-refractivity contribution in [2.24, 2.45) is 0 Å². The fourth-order valence-corrected chi connectivity index (χ4v) is 3.39. The third-order valence-corrected chi connectivity index (χ3v) is 5.29. The van der Waals surface area contributed by atoms with E-state index in [0.29, 0.717) is 18.1 Å². The van der Waals surface area contributed by atoms with Crippen LogP contribution in [0.4, 0.5) is 5.69 Å². The Labute approximate surface area is 188 Å². The van der Waals surface area contributed by atoms with Gasteiger partial charge in [0.25, 0.3) is 0 Å². The van der Waals surface area contributed by atoms with Gasteiger partial charge in [0.15, 0.2) is 11.5 Å². The highest BCUT2D eigenvalue weighted by molar-refractivity contribution is 6.06. The normalized spacial score (nSPS) is 14.9. The van der Waals surface area contributed by atoms with Gasteiger partial charge in [0, 0.05) is 38.8 Å². The van der Waals surface area contributed by atoms with Crippen LogP contribution >= 0.6 is 0 Å². The Kier molecular flexibility index (Phi) is 8.24. The maximum Gasteiger partial charge on any atom is 0.337 e. The Morgan fingerprint density at radius 1 is 1.09 bits per heavy atom. The van der Waals surface area contributed by atoms with Gasteiger partial charge < -0.3 is 24.8 Å². The second-order valence-corrected chi connectivity index (χ2v) is 7.58. The summed E-state index contributed by atoms with van der Waals surface area (Å²) in [5.74, 6) is -0.288. The van der Waals surface area contributed by atoms with Crippen molar-refractivity contribution in [3.05, 3.63) is 59.7 Å². The molecule has 0 saturated carbocycles. The number of methoxy groups -OCH3 is 1. The molecule has 8 nitrogen and oxygen atoms in total. The zero-order chi connectivity index (χ0) is 22.9. The molecule has 0 radical (unpaired) electrons. The molecule has 0 aliphatic carbocycles. The van der Waals surface area contributed by atoms with Crippen LogP contribution < -0.4 is 14.8 Å². The van der Waals surface area contributed by atoms with Gasteiger partial charge in [-0.25, -0.2) is 4.79 Å². The molecule has 3 rings (SSSR count). The first kappa shape index (κ1) is 23.3. The number of ether oxygens (including phenoxy) is 2. The fraction of sp³-hybridized carbons (Fsp3) is 0.333. The number of nitrogens with one attached hydrogen (secondary N) is 1. The minimum Gasteiger partial charge on any atom is -0.493 e. The SMILES string of the molecule is COc1cc(/C=C/C(=O)Nc2ccccc2C(=O)O)ccc1OCCN1CCN(C)CC1.